The molecule has 4 unspecified atom stereocenters. The van der Waals surface area contributed by atoms with Crippen molar-refractivity contribution in [2.45, 2.75) is 37.3 Å². The van der Waals surface area contributed by atoms with Crippen molar-refractivity contribution in [3.05, 3.63) is 0 Å². The fourth-order valence-corrected chi connectivity index (χ4v) is 3.54. The number of β-amino-alcohol motifs (C(OH)–C–C–N with tert-alkyl or cyclic N) is 1. The monoisotopic (exact) mass is 216 g/mol. The Balaban J connectivity index is 2.01. The van der Waals surface area contributed by atoms with Gasteiger partial charge in [-0.3, -0.25) is 4.90 Å². The lowest BCUT2D eigenvalue weighted by Gasteiger charge is -2.42. The summed E-state index contributed by atoms with van der Waals surface area (Å²) in [4.78, 5) is 2.48. The molecule has 0 aromatic heterocycles. The summed E-state index contributed by atoms with van der Waals surface area (Å²) in [6, 6.07) is 0.932. The summed E-state index contributed by atoms with van der Waals surface area (Å²) in [5.41, 5.74) is 0. The third-order valence-corrected chi connectivity index (χ3v) is 4.85. The summed E-state index contributed by atoms with van der Waals surface area (Å²) in [5.74, 6) is 1.20. The molecule has 0 bridgehead atoms. The molecule has 0 saturated carbocycles. The third kappa shape index (κ3) is 1.94. The summed E-state index contributed by atoms with van der Waals surface area (Å²) in [5, 5.41) is 13.8. The van der Waals surface area contributed by atoms with Crippen molar-refractivity contribution < 1.29 is 5.11 Å². The summed E-state index contributed by atoms with van der Waals surface area (Å²) in [6.45, 7) is 7.40. The fraction of sp³-hybridized carbons (Fsp3) is 1.00. The first kappa shape index (κ1) is 10.7. The highest BCUT2D eigenvalue weighted by molar-refractivity contribution is 8.00. The van der Waals surface area contributed by atoms with Crippen molar-refractivity contribution in [1.29, 1.82) is 0 Å². The number of thioether (sulfide) groups is 1. The highest BCUT2D eigenvalue weighted by Gasteiger charge is 2.36. The van der Waals surface area contributed by atoms with Crippen molar-refractivity contribution in [1.82, 2.24) is 10.2 Å². The minimum Gasteiger partial charge on any atom is -0.390 e. The number of rotatable bonds is 1. The van der Waals surface area contributed by atoms with E-state index in [1.54, 1.807) is 0 Å². The van der Waals surface area contributed by atoms with E-state index in [1.807, 2.05) is 11.8 Å². The Labute approximate surface area is 90.2 Å². The summed E-state index contributed by atoms with van der Waals surface area (Å²) in [7, 11) is 0. The van der Waals surface area contributed by atoms with Gasteiger partial charge in [-0.25, -0.2) is 0 Å². The maximum absolute atomic E-state index is 9.83. The minimum atomic E-state index is -0.173. The second kappa shape index (κ2) is 4.39. The number of nitrogens with one attached hydrogen (secondary N) is 1. The predicted molar refractivity (Wildman–Crippen MR) is 60.8 cm³/mol. The largest absolute Gasteiger partial charge is 0.390 e. The van der Waals surface area contributed by atoms with Crippen LogP contribution in [0.5, 0.6) is 0 Å². The van der Waals surface area contributed by atoms with Crippen LogP contribution in [0.1, 0.15) is 13.8 Å². The second-order valence-electron chi connectivity index (χ2n) is 4.35. The van der Waals surface area contributed by atoms with Crippen LogP contribution in [0.25, 0.3) is 0 Å². The molecule has 0 amide bonds. The van der Waals surface area contributed by atoms with Gasteiger partial charge in [-0.05, 0) is 6.92 Å². The molecule has 82 valence electrons. The van der Waals surface area contributed by atoms with E-state index in [0.29, 0.717) is 17.3 Å². The van der Waals surface area contributed by atoms with Gasteiger partial charge in [0.05, 0.1) is 6.10 Å². The van der Waals surface area contributed by atoms with Gasteiger partial charge in [0.2, 0.25) is 0 Å². The van der Waals surface area contributed by atoms with Gasteiger partial charge in [0.25, 0.3) is 0 Å². The van der Waals surface area contributed by atoms with Crippen LogP contribution < -0.4 is 5.32 Å². The molecule has 4 atom stereocenters. The molecule has 2 heterocycles. The lowest BCUT2D eigenvalue weighted by molar-refractivity contribution is 0.0607. The van der Waals surface area contributed by atoms with Crippen LogP contribution >= 0.6 is 11.8 Å². The molecule has 0 radical (unpaired) electrons. The number of aliphatic hydroxyl groups is 1. The zero-order valence-corrected chi connectivity index (χ0v) is 9.76. The molecule has 2 N–H and O–H groups in total. The molecular formula is C10H20N2OS. The maximum atomic E-state index is 9.83. The maximum Gasteiger partial charge on any atom is 0.0831 e. The summed E-state index contributed by atoms with van der Waals surface area (Å²) >= 11 is 2.05. The molecule has 2 aliphatic rings. The number of hydrogen-bond donors (Lipinski definition) is 2. The predicted octanol–water partition coefficient (Wildman–Crippen LogP) is 0.145. The van der Waals surface area contributed by atoms with Gasteiger partial charge < -0.3 is 10.4 Å². The van der Waals surface area contributed by atoms with Gasteiger partial charge in [0, 0.05) is 42.7 Å². The number of hydrogen-bond acceptors (Lipinski definition) is 4. The van der Waals surface area contributed by atoms with Crippen molar-refractivity contribution in [3.63, 3.8) is 0 Å². The average molecular weight is 216 g/mol. The molecule has 0 spiro atoms. The number of nitrogens with zero attached hydrogens (tertiary/aromatic N) is 1. The Morgan fingerprint density at radius 1 is 1.36 bits per heavy atom. The quantitative estimate of drug-likeness (QED) is 0.654. The topological polar surface area (TPSA) is 35.5 Å². The van der Waals surface area contributed by atoms with E-state index in [1.165, 1.54) is 5.75 Å². The van der Waals surface area contributed by atoms with Gasteiger partial charge in [0.15, 0.2) is 0 Å². The summed E-state index contributed by atoms with van der Waals surface area (Å²) < 4.78 is 0. The van der Waals surface area contributed by atoms with Gasteiger partial charge in [-0.2, -0.15) is 11.8 Å². The molecule has 0 aromatic carbocycles. The molecule has 2 aliphatic heterocycles. The van der Waals surface area contributed by atoms with Crippen molar-refractivity contribution in [2.75, 3.05) is 25.4 Å². The Morgan fingerprint density at radius 3 is 2.79 bits per heavy atom. The highest BCUT2D eigenvalue weighted by Crippen LogP contribution is 2.27. The van der Waals surface area contributed by atoms with Crippen molar-refractivity contribution in [2.24, 2.45) is 0 Å². The smallest absolute Gasteiger partial charge is 0.0831 e. The van der Waals surface area contributed by atoms with E-state index in [0.717, 1.165) is 19.6 Å². The van der Waals surface area contributed by atoms with Gasteiger partial charge in [-0.15, -0.1) is 0 Å². The standard InChI is InChI=1S/C10H20N2OS/c1-7-8(2)14-4-3-12(7)9-5-11-6-10(9)13/h7-11,13H,3-6H2,1-2H3. The molecule has 0 aromatic rings. The van der Waals surface area contributed by atoms with Crippen LogP contribution in [-0.4, -0.2) is 58.8 Å². The Bertz CT molecular complexity index is 203. The molecule has 0 aliphatic carbocycles. The van der Waals surface area contributed by atoms with Gasteiger partial charge >= 0.3 is 0 Å². The fourth-order valence-electron chi connectivity index (χ4n) is 2.41. The molecular weight excluding hydrogens is 196 g/mol. The first-order valence-electron chi connectivity index (χ1n) is 5.46. The normalized spacial score (nSPS) is 45.6. The lowest BCUT2D eigenvalue weighted by Crippen LogP contribution is -2.54. The highest BCUT2D eigenvalue weighted by atomic mass is 32.2. The van der Waals surface area contributed by atoms with Crippen LogP contribution in [0, 0.1) is 0 Å². The minimum absolute atomic E-state index is 0.173. The molecule has 3 nitrogen and oxygen atoms in total. The molecule has 14 heavy (non-hydrogen) atoms. The first-order valence-corrected chi connectivity index (χ1v) is 6.51. The van der Waals surface area contributed by atoms with E-state index >= 15 is 0 Å². The van der Waals surface area contributed by atoms with Crippen LogP contribution in [0.3, 0.4) is 0 Å². The molecule has 2 rings (SSSR count). The van der Waals surface area contributed by atoms with Crippen LogP contribution in [0.4, 0.5) is 0 Å². The number of aliphatic hydroxyl groups excluding tert-OH is 1. The van der Waals surface area contributed by atoms with Gasteiger partial charge in [-0.1, -0.05) is 6.92 Å². The average Bonchev–Trinajstić information content (AvgIpc) is 2.57. The summed E-state index contributed by atoms with van der Waals surface area (Å²) in [6.07, 6.45) is -0.173. The van der Waals surface area contributed by atoms with Crippen LogP contribution in [-0.2, 0) is 0 Å². The van der Waals surface area contributed by atoms with Crippen molar-refractivity contribution in [3.8, 4) is 0 Å². The Kier molecular flexibility index (Phi) is 3.37. The van der Waals surface area contributed by atoms with E-state index in [4.69, 9.17) is 0 Å². The third-order valence-electron chi connectivity index (χ3n) is 3.51. The zero-order chi connectivity index (χ0) is 10.1. The van der Waals surface area contributed by atoms with E-state index in [-0.39, 0.29) is 6.10 Å². The molecule has 2 fully saturated rings. The van der Waals surface area contributed by atoms with Crippen LogP contribution in [0.2, 0.25) is 0 Å². The molecule has 2 saturated heterocycles. The van der Waals surface area contributed by atoms with E-state index < -0.39 is 0 Å². The zero-order valence-electron chi connectivity index (χ0n) is 8.94. The Hall–Kier alpha value is 0.230. The first-order chi connectivity index (χ1) is 6.70. The SMILES string of the molecule is CC1SCCN(C2CNCC2O)C1C. The van der Waals surface area contributed by atoms with Crippen LogP contribution in [0.15, 0.2) is 0 Å². The van der Waals surface area contributed by atoms with Crippen molar-refractivity contribution >= 4 is 11.8 Å². The van der Waals surface area contributed by atoms with E-state index in [9.17, 15) is 5.11 Å². The second-order valence-corrected chi connectivity index (χ2v) is 5.83. The molecule has 4 heteroatoms. The van der Waals surface area contributed by atoms with E-state index in [2.05, 4.69) is 24.1 Å². The Morgan fingerprint density at radius 2 is 2.14 bits per heavy atom. The lowest BCUT2D eigenvalue weighted by atomic mass is 10.1. The van der Waals surface area contributed by atoms with Gasteiger partial charge in [0.1, 0.15) is 0 Å².